The largest absolute Gasteiger partial charge is 2.00 e. The Balaban J connectivity index is 0.000000562. The molecule has 2 radical (unpaired) electrons. The van der Waals surface area contributed by atoms with Gasteiger partial charge < -0.3 is 14.6 Å². The van der Waals surface area contributed by atoms with Crippen LogP contribution in [-0.2, 0) is 31.3 Å². The molecule has 2 aliphatic carbocycles. The molecule has 0 amide bonds. The molecule has 0 aromatic rings. The van der Waals surface area contributed by atoms with E-state index in [0.29, 0.717) is 5.57 Å². The molecule has 0 aromatic heterocycles. The van der Waals surface area contributed by atoms with Gasteiger partial charge in [-0.2, -0.15) is 0 Å². The molecule has 5 heteroatoms. The zero-order valence-corrected chi connectivity index (χ0v) is 12.5. The molecule has 0 unspecified atom stereocenters. The molecule has 112 valence electrons. The van der Waals surface area contributed by atoms with E-state index in [4.69, 9.17) is 4.74 Å². The fourth-order valence-electron chi connectivity index (χ4n) is 1.25. The summed E-state index contributed by atoms with van der Waals surface area (Å²) in [6.07, 6.45) is 17.8. The van der Waals surface area contributed by atoms with Crippen molar-refractivity contribution >= 4 is 5.97 Å². The van der Waals surface area contributed by atoms with Crippen LogP contribution in [0.15, 0.2) is 60.6 Å². The summed E-state index contributed by atoms with van der Waals surface area (Å²) in [5.41, 5.74) is 0.491. The summed E-state index contributed by atoms with van der Waals surface area (Å²) >= 11 is 0. The Kier molecular flexibility index (Phi) is 10.9. The molecule has 0 saturated carbocycles. The smallest absolute Gasteiger partial charge is 0.609 e. The molecular formula is C16H16FeO4. The number of hydrogen-bond acceptors (Lipinski definition) is 4. The number of carbonyl (C=O) groups excluding carboxylic acids is 1. The molecule has 4 nitrogen and oxygen atoms in total. The van der Waals surface area contributed by atoms with Crippen LogP contribution in [0.2, 0.25) is 0 Å². The minimum Gasteiger partial charge on any atom is -0.609 e. The number of ether oxygens (including phenoxy) is 2. The standard InChI is InChI=1S/C11H12O4.C5H5.Fe/c1-2-10(12)14-7-8-15-11(13)9-5-3-4-6-9;1-2-4-5-3-1;/h2-6,13H,1,7-8H2;1-5H;/q;-1;+2/p-1. The molecule has 0 N–H and O–H groups in total. The maximum atomic E-state index is 11.2. The van der Waals surface area contributed by atoms with Gasteiger partial charge in [0.25, 0.3) is 0 Å². The van der Waals surface area contributed by atoms with Gasteiger partial charge in [0, 0.05) is 12.7 Å². The van der Waals surface area contributed by atoms with E-state index < -0.39 is 11.9 Å². The molecule has 0 fully saturated rings. The van der Waals surface area contributed by atoms with Gasteiger partial charge in [0.1, 0.15) is 6.61 Å². The van der Waals surface area contributed by atoms with Crippen molar-refractivity contribution in [3.8, 4) is 0 Å². The van der Waals surface area contributed by atoms with Crippen LogP contribution in [0.5, 0.6) is 0 Å². The van der Waals surface area contributed by atoms with Crippen LogP contribution in [0, 0.1) is 19.3 Å². The van der Waals surface area contributed by atoms with E-state index in [2.05, 4.69) is 11.3 Å². The summed E-state index contributed by atoms with van der Waals surface area (Å²) in [4.78, 5) is 10.6. The van der Waals surface area contributed by atoms with Crippen molar-refractivity contribution in [3.63, 3.8) is 0 Å². The summed E-state index contributed by atoms with van der Waals surface area (Å²) in [7, 11) is 0. The van der Waals surface area contributed by atoms with E-state index in [1.807, 2.05) is 31.4 Å². The van der Waals surface area contributed by atoms with Crippen LogP contribution in [0.1, 0.15) is 0 Å². The molecule has 0 heterocycles. The van der Waals surface area contributed by atoms with Gasteiger partial charge >= 0.3 is 23.0 Å². The van der Waals surface area contributed by atoms with Gasteiger partial charge in [-0.3, -0.25) is 0 Å². The quantitative estimate of drug-likeness (QED) is 0.192. The number of esters is 1. The van der Waals surface area contributed by atoms with Crippen LogP contribution in [0.25, 0.3) is 0 Å². The van der Waals surface area contributed by atoms with Gasteiger partial charge in [-0.15, -0.1) is 12.8 Å². The first kappa shape index (κ1) is 19.2. The summed E-state index contributed by atoms with van der Waals surface area (Å²) in [6, 6.07) is 0. The Hall–Kier alpha value is -1.84. The predicted molar refractivity (Wildman–Crippen MR) is 74.5 cm³/mol. The number of carbonyl (C=O) groups is 1. The Labute approximate surface area is 136 Å². The zero-order chi connectivity index (χ0) is 14.6. The van der Waals surface area contributed by atoms with Crippen molar-refractivity contribution in [1.82, 2.24) is 0 Å². The van der Waals surface area contributed by atoms with Crippen molar-refractivity contribution < 1.29 is 36.4 Å². The van der Waals surface area contributed by atoms with Crippen LogP contribution in [-0.4, -0.2) is 19.2 Å². The molecule has 0 spiro atoms. The third-order valence-electron chi connectivity index (χ3n) is 2.18. The predicted octanol–water partition coefficient (Wildman–Crippen LogP) is 1.60. The third-order valence-corrected chi connectivity index (χ3v) is 2.18. The van der Waals surface area contributed by atoms with E-state index >= 15 is 0 Å². The maximum absolute atomic E-state index is 11.2. The Morgan fingerprint density at radius 1 is 1.24 bits per heavy atom. The maximum Gasteiger partial charge on any atom is 2.00 e. The summed E-state index contributed by atoms with van der Waals surface area (Å²) in [5, 5.41) is 11.2. The average Bonchev–Trinajstić information content (AvgIpc) is 3.18. The molecule has 0 saturated heterocycles. The molecule has 0 aromatic carbocycles. The summed E-state index contributed by atoms with van der Waals surface area (Å²) in [6.45, 7) is 3.32. The van der Waals surface area contributed by atoms with Gasteiger partial charge in [0.05, 0.1) is 5.95 Å². The topological polar surface area (TPSA) is 58.6 Å². The minimum atomic E-state index is -0.528. The first-order chi connectivity index (χ1) is 9.74. The Morgan fingerprint density at radius 2 is 1.90 bits per heavy atom. The molecular weight excluding hydrogens is 312 g/mol. The van der Waals surface area contributed by atoms with Crippen LogP contribution < -0.4 is 5.11 Å². The van der Waals surface area contributed by atoms with Gasteiger partial charge in [-0.25, -0.2) is 23.4 Å². The normalized spacial score (nSPS) is 13.6. The van der Waals surface area contributed by atoms with Crippen molar-refractivity contribution in [3.05, 3.63) is 79.9 Å². The van der Waals surface area contributed by atoms with Crippen LogP contribution >= 0.6 is 0 Å². The summed E-state index contributed by atoms with van der Waals surface area (Å²) < 4.78 is 9.46. The van der Waals surface area contributed by atoms with Crippen molar-refractivity contribution in [2.75, 3.05) is 13.2 Å². The molecule has 0 aliphatic heterocycles. The van der Waals surface area contributed by atoms with Crippen molar-refractivity contribution in [2.45, 2.75) is 0 Å². The molecule has 0 bridgehead atoms. The SMILES string of the molecule is C=CC(=O)OCCOC([O-])=C1C=CC=C1.[CH]1[CH][CH-]C=C1.[Fe+2]. The van der Waals surface area contributed by atoms with E-state index in [1.165, 1.54) is 0 Å². The zero-order valence-electron chi connectivity index (χ0n) is 11.4. The molecule has 21 heavy (non-hydrogen) atoms. The van der Waals surface area contributed by atoms with Crippen molar-refractivity contribution in [2.24, 2.45) is 0 Å². The fraction of sp³-hybridized carbons (Fsp3) is 0.125. The second-order valence-electron chi connectivity index (χ2n) is 3.64. The minimum absolute atomic E-state index is 0. The van der Waals surface area contributed by atoms with Gasteiger partial charge in [-0.1, -0.05) is 30.9 Å². The third kappa shape index (κ3) is 8.84. The summed E-state index contributed by atoms with van der Waals surface area (Å²) in [5.74, 6) is -0.950. The first-order valence-corrected chi connectivity index (χ1v) is 6.08. The Morgan fingerprint density at radius 3 is 2.38 bits per heavy atom. The van der Waals surface area contributed by atoms with Crippen LogP contribution in [0.3, 0.4) is 0 Å². The fourth-order valence-corrected chi connectivity index (χ4v) is 1.25. The van der Waals surface area contributed by atoms with E-state index in [0.717, 1.165) is 6.08 Å². The van der Waals surface area contributed by atoms with Crippen molar-refractivity contribution in [1.29, 1.82) is 0 Å². The van der Waals surface area contributed by atoms with Gasteiger partial charge in [-0.05, 0) is 5.57 Å². The molecule has 0 atom stereocenters. The van der Waals surface area contributed by atoms with Gasteiger partial charge in [0.15, 0.2) is 0 Å². The number of hydrogen-bond donors (Lipinski definition) is 0. The first-order valence-electron chi connectivity index (χ1n) is 6.08. The number of allylic oxidation sites excluding steroid dienone is 7. The van der Waals surface area contributed by atoms with Crippen LogP contribution in [0.4, 0.5) is 0 Å². The number of rotatable bonds is 5. The molecule has 2 rings (SSSR count). The van der Waals surface area contributed by atoms with E-state index in [9.17, 15) is 9.90 Å². The monoisotopic (exact) mass is 328 g/mol. The van der Waals surface area contributed by atoms with E-state index in [1.54, 1.807) is 24.3 Å². The second kappa shape index (κ2) is 11.9. The van der Waals surface area contributed by atoms with E-state index in [-0.39, 0.29) is 30.3 Å². The molecule has 2 aliphatic rings. The second-order valence-corrected chi connectivity index (χ2v) is 3.64. The average molecular weight is 328 g/mol. The Bertz CT molecular complexity index is 427. The van der Waals surface area contributed by atoms with Gasteiger partial charge in [0.2, 0.25) is 0 Å².